The smallest absolute Gasteiger partial charge is 0.0740 e. The fourth-order valence-corrected chi connectivity index (χ4v) is 1.96. The van der Waals surface area contributed by atoms with Crippen molar-refractivity contribution in [3.63, 3.8) is 0 Å². The summed E-state index contributed by atoms with van der Waals surface area (Å²) in [5, 5.41) is 1.05. The van der Waals surface area contributed by atoms with Crippen LogP contribution in [0, 0.1) is 6.92 Å². The van der Waals surface area contributed by atoms with Crippen molar-refractivity contribution in [1.82, 2.24) is 9.97 Å². The van der Waals surface area contributed by atoms with Crippen molar-refractivity contribution in [3.8, 4) is 11.3 Å². The van der Waals surface area contributed by atoms with Gasteiger partial charge in [0.2, 0.25) is 0 Å². The first kappa shape index (κ1) is 10.7. The van der Waals surface area contributed by atoms with Gasteiger partial charge >= 0.3 is 0 Å². The number of anilines is 1. The molecule has 2 aromatic heterocycles. The zero-order valence-electron chi connectivity index (χ0n) is 10.1. The predicted octanol–water partition coefficient (Wildman–Crippen LogP) is 3.19. The van der Waals surface area contributed by atoms with Gasteiger partial charge in [0.15, 0.2) is 0 Å². The van der Waals surface area contributed by atoms with Gasteiger partial charge in [-0.1, -0.05) is 6.07 Å². The van der Waals surface area contributed by atoms with E-state index in [0.29, 0.717) is 0 Å². The molecule has 2 N–H and O–H groups in total. The summed E-state index contributed by atoms with van der Waals surface area (Å²) in [7, 11) is 0. The molecule has 0 bridgehead atoms. The molecule has 0 amide bonds. The normalized spacial score (nSPS) is 10.7. The van der Waals surface area contributed by atoms with E-state index in [0.717, 1.165) is 33.4 Å². The number of aryl methyl sites for hydroxylation is 1. The van der Waals surface area contributed by atoms with Crippen LogP contribution in [-0.2, 0) is 0 Å². The summed E-state index contributed by atoms with van der Waals surface area (Å²) in [5.41, 5.74) is 10.7. The highest BCUT2D eigenvalue weighted by atomic mass is 14.7. The lowest BCUT2D eigenvalue weighted by atomic mass is 10.1. The molecule has 1 aromatic carbocycles. The van der Waals surface area contributed by atoms with Gasteiger partial charge in [-0.3, -0.25) is 4.98 Å². The minimum Gasteiger partial charge on any atom is -0.399 e. The number of hydrogen-bond donors (Lipinski definition) is 1. The second kappa shape index (κ2) is 4.11. The van der Waals surface area contributed by atoms with Crippen molar-refractivity contribution < 1.29 is 0 Å². The minimum absolute atomic E-state index is 0.809. The van der Waals surface area contributed by atoms with Crippen molar-refractivity contribution in [2.45, 2.75) is 6.92 Å². The van der Waals surface area contributed by atoms with E-state index in [1.54, 1.807) is 6.20 Å². The molecule has 3 aromatic rings. The van der Waals surface area contributed by atoms with Gasteiger partial charge in [0, 0.05) is 29.0 Å². The monoisotopic (exact) mass is 235 g/mol. The van der Waals surface area contributed by atoms with Crippen molar-refractivity contribution in [3.05, 3.63) is 54.4 Å². The Kier molecular flexibility index (Phi) is 2.45. The molecule has 0 aliphatic heterocycles. The summed E-state index contributed by atoms with van der Waals surface area (Å²) in [6.45, 7) is 2.00. The van der Waals surface area contributed by atoms with Crippen LogP contribution in [0.3, 0.4) is 0 Å². The van der Waals surface area contributed by atoms with Gasteiger partial charge in [-0.2, -0.15) is 0 Å². The molecular weight excluding hydrogens is 222 g/mol. The lowest BCUT2D eigenvalue weighted by Crippen LogP contribution is -1.91. The number of nitrogens with zero attached hydrogens (tertiary/aromatic N) is 2. The van der Waals surface area contributed by atoms with Crippen molar-refractivity contribution >= 4 is 16.6 Å². The van der Waals surface area contributed by atoms with Crippen molar-refractivity contribution in [1.29, 1.82) is 0 Å². The van der Waals surface area contributed by atoms with Crippen LogP contribution < -0.4 is 5.73 Å². The molecule has 0 aliphatic rings. The topological polar surface area (TPSA) is 51.8 Å². The summed E-state index contributed by atoms with van der Waals surface area (Å²) in [6, 6.07) is 11.9. The third-order valence-electron chi connectivity index (χ3n) is 3.06. The second-order valence-electron chi connectivity index (χ2n) is 4.34. The van der Waals surface area contributed by atoms with Gasteiger partial charge in [-0.05, 0) is 42.8 Å². The van der Waals surface area contributed by atoms with Gasteiger partial charge in [-0.15, -0.1) is 0 Å². The number of hydrogen-bond acceptors (Lipinski definition) is 3. The van der Waals surface area contributed by atoms with Gasteiger partial charge in [0.25, 0.3) is 0 Å². The summed E-state index contributed by atoms with van der Waals surface area (Å²) in [5.74, 6) is 0. The van der Waals surface area contributed by atoms with Crippen molar-refractivity contribution in [2.75, 3.05) is 5.73 Å². The fraction of sp³-hybridized carbons (Fsp3) is 0.0667. The second-order valence-corrected chi connectivity index (χ2v) is 4.34. The number of pyridine rings is 2. The highest BCUT2D eigenvalue weighted by Crippen LogP contribution is 2.23. The average molecular weight is 235 g/mol. The van der Waals surface area contributed by atoms with E-state index in [2.05, 4.69) is 16.0 Å². The van der Waals surface area contributed by atoms with E-state index in [4.69, 9.17) is 5.73 Å². The predicted molar refractivity (Wildman–Crippen MR) is 74.1 cm³/mol. The summed E-state index contributed by atoms with van der Waals surface area (Å²) in [6.07, 6.45) is 3.58. The summed E-state index contributed by atoms with van der Waals surface area (Å²) >= 11 is 0. The van der Waals surface area contributed by atoms with Crippen LogP contribution in [0.15, 0.2) is 48.8 Å². The molecular formula is C15H13N3. The number of fused-ring (bicyclic) bond motifs is 1. The van der Waals surface area contributed by atoms with Crippen molar-refractivity contribution in [2.24, 2.45) is 0 Å². The molecule has 0 atom stereocenters. The maximum Gasteiger partial charge on any atom is 0.0740 e. The number of nitrogen functional groups attached to an aromatic ring is 1. The average Bonchev–Trinajstić information content (AvgIpc) is 2.41. The molecule has 0 radical (unpaired) electrons. The van der Waals surface area contributed by atoms with E-state index in [1.165, 1.54) is 0 Å². The van der Waals surface area contributed by atoms with E-state index in [9.17, 15) is 0 Å². The number of aromatic nitrogens is 2. The highest BCUT2D eigenvalue weighted by Gasteiger charge is 2.03. The molecule has 0 saturated heterocycles. The maximum atomic E-state index is 5.83. The molecule has 0 aliphatic carbocycles. The van der Waals surface area contributed by atoms with Crippen LogP contribution in [0.4, 0.5) is 5.69 Å². The van der Waals surface area contributed by atoms with E-state index >= 15 is 0 Å². The largest absolute Gasteiger partial charge is 0.399 e. The Morgan fingerprint density at radius 2 is 1.94 bits per heavy atom. The van der Waals surface area contributed by atoms with E-state index in [-0.39, 0.29) is 0 Å². The van der Waals surface area contributed by atoms with Gasteiger partial charge in [0.1, 0.15) is 0 Å². The molecule has 0 unspecified atom stereocenters. The molecule has 0 saturated carbocycles. The zero-order valence-corrected chi connectivity index (χ0v) is 10.1. The van der Waals surface area contributed by atoms with Crippen LogP contribution in [-0.4, -0.2) is 9.97 Å². The molecule has 3 nitrogen and oxygen atoms in total. The molecule has 0 fully saturated rings. The Balaban J connectivity index is 2.16. The maximum absolute atomic E-state index is 5.83. The van der Waals surface area contributed by atoms with Crippen LogP contribution in [0.25, 0.3) is 22.2 Å². The molecule has 2 heterocycles. The molecule has 18 heavy (non-hydrogen) atoms. The quantitative estimate of drug-likeness (QED) is 0.659. The van der Waals surface area contributed by atoms with E-state index in [1.807, 2.05) is 43.5 Å². The van der Waals surface area contributed by atoms with Crippen LogP contribution >= 0.6 is 0 Å². The van der Waals surface area contributed by atoms with Crippen LogP contribution in [0.1, 0.15) is 5.56 Å². The molecule has 3 heteroatoms. The highest BCUT2D eigenvalue weighted by molar-refractivity contribution is 5.80. The number of rotatable bonds is 1. The summed E-state index contributed by atoms with van der Waals surface area (Å²) in [4.78, 5) is 8.72. The lowest BCUT2D eigenvalue weighted by molar-refractivity contribution is 1.32. The van der Waals surface area contributed by atoms with Crippen LogP contribution in [0.5, 0.6) is 0 Å². The SMILES string of the molecule is Cc1cc(-c2ccc3cnccc3n2)ccc1N. The Morgan fingerprint density at radius 3 is 2.78 bits per heavy atom. The third kappa shape index (κ3) is 1.80. The first-order valence-electron chi connectivity index (χ1n) is 5.81. The first-order chi connectivity index (χ1) is 8.74. The Hall–Kier alpha value is -2.42. The number of benzene rings is 1. The standard InChI is InChI=1S/C15H13N3/c1-10-8-11(2-4-13(10)16)14-5-3-12-9-17-7-6-15(12)18-14/h2-9H,16H2,1H3. The van der Waals surface area contributed by atoms with Gasteiger partial charge in [0.05, 0.1) is 11.2 Å². The first-order valence-corrected chi connectivity index (χ1v) is 5.81. The van der Waals surface area contributed by atoms with Gasteiger partial charge in [-0.25, -0.2) is 4.98 Å². The Labute approximate surface area is 105 Å². The Morgan fingerprint density at radius 1 is 1.06 bits per heavy atom. The lowest BCUT2D eigenvalue weighted by Gasteiger charge is -2.05. The molecule has 0 spiro atoms. The number of nitrogens with two attached hydrogens (primary N) is 1. The summed E-state index contributed by atoms with van der Waals surface area (Å²) < 4.78 is 0. The minimum atomic E-state index is 0.809. The fourth-order valence-electron chi connectivity index (χ4n) is 1.96. The van der Waals surface area contributed by atoms with Gasteiger partial charge < -0.3 is 5.73 Å². The Bertz CT molecular complexity index is 720. The third-order valence-corrected chi connectivity index (χ3v) is 3.06. The molecule has 3 rings (SSSR count). The zero-order chi connectivity index (χ0) is 12.5. The van der Waals surface area contributed by atoms with Crippen LogP contribution in [0.2, 0.25) is 0 Å². The molecule has 88 valence electrons. The van der Waals surface area contributed by atoms with E-state index < -0.39 is 0 Å².